The zero-order chi connectivity index (χ0) is 15.6. The first-order valence-electron chi connectivity index (χ1n) is 7.13. The third kappa shape index (κ3) is 2.39. The first-order chi connectivity index (χ1) is 11.3. The molecule has 0 amide bonds. The Morgan fingerprint density at radius 2 is 2.04 bits per heavy atom. The van der Waals surface area contributed by atoms with E-state index in [-0.39, 0.29) is 0 Å². The van der Waals surface area contributed by atoms with Gasteiger partial charge in [0.25, 0.3) is 0 Å². The van der Waals surface area contributed by atoms with Crippen molar-refractivity contribution in [2.75, 3.05) is 5.32 Å². The summed E-state index contributed by atoms with van der Waals surface area (Å²) in [5.41, 5.74) is 1.81. The van der Waals surface area contributed by atoms with Crippen LogP contribution < -0.4 is 5.32 Å². The highest BCUT2D eigenvalue weighted by molar-refractivity contribution is 5.85. The van der Waals surface area contributed by atoms with Crippen molar-refractivity contribution in [2.45, 2.75) is 6.54 Å². The lowest BCUT2D eigenvalue weighted by Gasteiger charge is -2.10. The molecule has 0 aliphatic carbocycles. The number of nitrogens with zero attached hydrogens (tertiary/aromatic N) is 7. The van der Waals surface area contributed by atoms with E-state index in [1.54, 1.807) is 28.0 Å². The molecule has 0 radical (unpaired) electrons. The van der Waals surface area contributed by atoms with E-state index in [0.717, 1.165) is 28.2 Å². The van der Waals surface area contributed by atoms with Gasteiger partial charge < -0.3 is 5.32 Å². The van der Waals surface area contributed by atoms with Crippen LogP contribution in [-0.4, -0.2) is 34.5 Å². The lowest BCUT2D eigenvalue weighted by molar-refractivity contribution is 0.785. The molecule has 0 saturated carbocycles. The predicted octanol–water partition coefficient (Wildman–Crippen LogP) is 1.56. The first-order valence-corrected chi connectivity index (χ1v) is 7.13. The molecule has 0 aliphatic heterocycles. The van der Waals surface area contributed by atoms with E-state index >= 15 is 0 Å². The zero-order valence-corrected chi connectivity index (χ0v) is 12.5. The lowest BCUT2D eigenvalue weighted by Crippen LogP contribution is -2.08. The highest BCUT2D eigenvalue weighted by atomic mass is 15.3. The van der Waals surface area contributed by atoms with Gasteiger partial charge in [-0.1, -0.05) is 6.07 Å². The summed E-state index contributed by atoms with van der Waals surface area (Å²) >= 11 is 0. The summed E-state index contributed by atoms with van der Waals surface area (Å²) < 4.78 is 3.47. The summed E-state index contributed by atoms with van der Waals surface area (Å²) in [6, 6.07) is 5.79. The third-order valence-electron chi connectivity index (χ3n) is 3.56. The molecule has 114 valence electrons. The molecule has 0 bridgehead atoms. The number of aryl methyl sites for hydroxylation is 1. The fraction of sp³-hybridized carbons (Fsp3) is 0.133. The number of aromatic nitrogens is 7. The van der Waals surface area contributed by atoms with Crippen LogP contribution in [0, 0.1) is 0 Å². The van der Waals surface area contributed by atoms with Gasteiger partial charge in [0.05, 0.1) is 11.6 Å². The van der Waals surface area contributed by atoms with E-state index in [2.05, 4.69) is 30.5 Å². The molecule has 0 fully saturated rings. The Balaban J connectivity index is 1.65. The Hall–Kier alpha value is -3.29. The molecule has 1 N–H and O–H groups in total. The van der Waals surface area contributed by atoms with Gasteiger partial charge >= 0.3 is 0 Å². The molecule has 0 unspecified atom stereocenters. The maximum atomic E-state index is 4.41. The van der Waals surface area contributed by atoms with E-state index in [9.17, 15) is 0 Å². The largest absolute Gasteiger partial charge is 0.365 e. The van der Waals surface area contributed by atoms with Crippen LogP contribution in [0.3, 0.4) is 0 Å². The van der Waals surface area contributed by atoms with Gasteiger partial charge in [-0.25, -0.2) is 19.6 Å². The van der Waals surface area contributed by atoms with Crippen molar-refractivity contribution in [2.24, 2.45) is 7.05 Å². The zero-order valence-electron chi connectivity index (χ0n) is 12.5. The Bertz CT molecular complexity index is 941. The average molecular weight is 306 g/mol. The summed E-state index contributed by atoms with van der Waals surface area (Å²) in [5.74, 6) is 1.54. The van der Waals surface area contributed by atoms with Gasteiger partial charge in [0.1, 0.15) is 12.1 Å². The van der Waals surface area contributed by atoms with Crippen LogP contribution in [0.4, 0.5) is 5.82 Å². The Morgan fingerprint density at radius 1 is 1.09 bits per heavy atom. The van der Waals surface area contributed by atoms with Crippen LogP contribution in [0.25, 0.3) is 16.9 Å². The highest BCUT2D eigenvalue weighted by Gasteiger charge is 2.10. The number of fused-ring (bicyclic) bond motifs is 1. The standard InChI is InChI=1S/C15H14N8/c1-22-15-12(9-21-22)13(18-10-19-15)17-8-11-4-2-5-16-14(11)23-7-3-6-20-23/h2-7,9-10H,8H2,1H3,(H,17,18,19). The van der Waals surface area contributed by atoms with Crippen molar-refractivity contribution in [3.05, 3.63) is 54.9 Å². The molecule has 0 aromatic carbocycles. The minimum Gasteiger partial charge on any atom is -0.365 e. The molecule has 4 aromatic rings. The molecule has 0 saturated heterocycles. The summed E-state index contributed by atoms with van der Waals surface area (Å²) in [4.78, 5) is 13.0. The van der Waals surface area contributed by atoms with Crippen molar-refractivity contribution < 1.29 is 0 Å². The molecule has 0 aliphatic rings. The van der Waals surface area contributed by atoms with Crippen LogP contribution in [0.2, 0.25) is 0 Å². The summed E-state index contributed by atoms with van der Waals surface area (Å²) in [6.45, 7) is 0.573. The van der Waals surface area contributed by atoms with Gasteiger partial charge in [0, 0.05) is 37.7 Å². The van der Waals surface area contributed by atoms with Crippen molar-refractivity contribution in [1.29, 1.82) is 0 Å². The molecule has 4 rings (SSSR count). The second-order valence-electron chi connectivity index (χ2n) is 5.02. The Morgan fingerprint density at radius 3 is 2.91 bits per heavy atom. The first kappa shape index (κ1) is 13.4. The fourth-order valence-corrected chi connectivity index (χ4v) is 2.45. The molecule has 23 heavy (non-hydrogen) atoms. The van der Waals surface area contributed by atoms with Gasteiger partial charge in [-0.3, -0.25) is 4.68 Å². The van der Waals surface area contributed by atoms with Gasteiger partial charge in [-0.05, 0) is 12.1 Å². The SMILES string of the molecule is Cn1ncc2c(NCc3cccnc3-n3cccn3)ncnc21. The molecule has 4 aromatic heterocycles. The minimum atomic E-state index is 0.573. The van der Waals surface area contributed by atoms with Crippen LogP contribution in [0.5, 0.6) is 0 Å². The molecule has 0 atom stereocenters. The van der Waals surface area contributed by atoms with Crippen LogP contribution in [0.15, 0.2) is 49.3 Å². The van der Waals surface area contributed by atoms with Crippen LogP contribution >= 0.6 is 0 Å². The highest BCUT2D eigenvalue weighted by Crippen LogP contribution is 2.19. The second kappa shape index (κ2) is 5.48. The van der Waals surface area contributed by atoms with Crippen molar-refractivity contribution >= 4 is 16.9 Å². The summed E-state index contributed by atoms with van der Waals surface area (Å²) in [7, 11) is 1.86. The molecule has 4 heterocycles. The van der Waals surface area contributed by atoms with Gasteiger partial charge in [0.15, 0.2) is 11.5 Å². The normalized spacial score (nSPS) is 11.0. The number of nitrogens with one attached hydrogen (secondary N) is 1. The second-order valence-corrected chi connectivity index (χ2v) is 5.02. The van der Waals surface area contributed by atoms with E-state index < -0.39 is 0 Å². The molecule has 8 heteroatoms. The van der Waals surface area contributed by atoms with Crippen LogP contribution in [-0.2, 0) is 13.6 Å². The molecule has 8 nitrogen and oxygen atoms in total. The average Bonchev–Trinajstić information content (AvgIpc) is 3.24. The summed E-state index contributed by atoms with van der Waals surface area (Å²) in [6.07, 6.45) is 8.65. The van der Waals surface area contributed by atoms with Crippen molar-refractivity contribution in [3.63, 3.8) is 0 Å². The monoisotopic (exact) mass is 306 g/mol. The third-order valence-corrected chi connectivity index (χ3v) is 3.56. The lowest BCUT2D eigenvalue weighted by atomic mass is 10.2. The minimum absolute atomic E-state index is 0.573. The van der Waals surface area contributed by atoms with Crippen molar-refractivity contribution in [1.82, 2.24) is 34.5 Å². The Kier molecular flexibility index (Phi) is 3.19. The molecular formula is C15H14N8. The van der Waals surface area contributed by atoms with E-state index in [0.29, 0.717) is 6.54 Å². The predicted molar refractivity (Wildman–Crippen MR) is 85.0 cm³/mol. The topological polar surface area (TPSA) is 86.3 Å². The number of hydrogen-bond donors (Lipinski definition) is 1. The van der Waals surface area contributed by atoms with E-state index in [1.807, 2.05) is 31.4 Å². The van der Waals surface area contributed by atoms with Crippen molar-refractivity contribution in [3.8, 4) is 5.82 Å². The maximum Gasteiger partial charge on any atom is 0.163 e. The van der Waals surface area contributed by atoms with E-state index in [4.69, 9.17) is 0 Å². The summed E-state index contributed by atoms with van der Waals surface area (Å²) in [5, 5.41) is 12.7. The van der Waals surface area contributed by atoms with Gasteiger partial charge in [0.2, 0.25) is 0 Å². The number of rotatable bonds is 4. The van der Waals surface area contributed by atoms with Gasteiger partial charge in [-0.15, -0.1) is 0 Å². The number of anilines is 1. The molecule has 0 spiro atoms. The number of pyridine rings is 1. The number of hydrogen-bond acceptors (Lipinski definition) is 6. The van der Waals surface area contributed by atoms with Crippen LogP contribution in [0.1, 0.15) is 5.56 Å². The quantitative estimate of drug-likeness (QED) is 0.615. The maximum absolute atomic E-state index is 4.41. The van der Waals surface area contributed by atoms with Gasteiger partial charge in [-0.2, -0.15) is 10.2 Å². The Labute approximate surface area is 131 Å². The molecular weight excluding hydrogens is 292 g/mol. The smallest absolute Gasteiger partial charge is 0.163 e. The van der Waals surface area contributed by atoms with E-state index in [1.165, 1.54) is 6.33 Å². The fourth-order valence-electron chi connectivity index (χ4n) is 2.45.